The van der Waals surface area contributed by atoms with E-state index in [-0.39, 0.29) is 6.79 Å². The summed E-state index contributed by atoms with van der Waals surface area (Å²) in [4.78, 5) is 14.3. The Morgan fingerprint density at radius 2 is 2.00 bits per heavy atom. The van der Waals surface area contributed by atoms with Crippen LogP contribution in [0.1, 0.15) is 32.3 Å². The standard InChI is InChI=1S/C19H23N5O2S/c1-11(2)5-4-6-24-18-16(17(20)21-9-22-18)23-19(24)27-15-8-14-13(7-12(15)3)25-10-26-14/h7-9,11H,4-6,10H2,1-3H3,(H2,20,21,22). The van der Waals surface area contributed by atoms with E-state index in [1.54, 1.807) is 11.8 Å². The smallest absolute Gasteiger partial charge is 0.231 e. The van der Waals surface area contributed by atoms with Gasteiger partial charge in [-0.3, -0.25) is 0 Å². The molecular weight excluding hydrogens is 362 g/mol. The summed E-state index contributed by atoms with van der Waals surface area (Å²) in [7, 11) is 0. The monoisotopic (exact) mass is 385 g/mol. The van der Waals surface area contributed by atoms with Crippen molar-refractivity contribution in [1.82, 2.24) is 19.5 Å². The minimum atomic E-state index is 0.267. The molecule has 27 heavy (non-hydrogen) atoms. The highest BCUT2D eigenvalue weighted by atomic mass is 32.2. The molecule has 1 aliphatic heterocycles. The Kier molecular flexibility index (Phi) is 4.82. The van der Waals surface area contributed by atoms with E-state index in [1.165, 1.54) is 6.33 Å². The van der Waals surface area contributed by atoms with E-state index in [9.17, 15) is 0 Å². The van der Waals surface area contributed by atoms with Gasteiger partial charge in [-0.1, -0.05) is 25.6 Å². The van der Waals surface area contributed by atoms with Gasteiger partial charge < -0.3 is 19.8 Å². The molecule has 0 saturated carbocycles. The third-order valence-electron chi connectivity index (χ3n) is 4.56. The van der Waals surface area contributed by atoms with Crippen molar-refractivity contribution in [2.75, 3.05) is 12.5 Å². The van der Waals surface area contributed by atoms with Crippen molar-refractivity contribution in [2.45, 2.75) is 50.2 Å². The SMILES string of the molecule is Cc1cc2c(cc1Sc1nc3c(N)ncnc3n1CCCC(C)C)OCO2. The van der Waals surface area contributed by atoms with E-state index in [0.29, 0.717) is 17.3 Å². The average molecular weight is 385 g/mol. The van der Waals surface area contributed by atoms with Gasteiger partial charge in [-0.25, -0.2) is 15.0 Å². The Balaban J connectivity index is 1.71. The van der Waals surface area contributed by atoms with Crippen molar-refractivity contribution < 1.29 is 9.47 Å². The van der Waals surface area contributed by atoms with E-state index in [4.69, 9.17) is 20.2 Å². The van der Waals surface area contributed by atoms with Gasteiger partial charge >= 0.3 is 0 Å². The summed E-state index contributed by atoms with van der Waals surface area (Å²) in [5, 5.41) is 0.864. The van der Waals surface area contributed by atoms with Crippen LogP contribution in [0.2, 0.25) is 0 Å². The lowest BCUT2D eigenvalue weighted by molar-refractivity contribution is 0.174. The second-order valence-corrected chi connectivity index (χ2v) is 8.10. The van der Waals surface area contributed by atoms with E-state index in [0.717, 1.165) is 52.1 Å². The van der Waals surface area contributed by atoms with Gasteiger partial charge in [0.1, 0.15) is 6.33 Å². The van der Waals surface area contributed by atoms with Gasteiger partial charge in [-0.05, 0) is 43.4 Å². The number of hydrogen-bond donors (Lipinski definition) is 1. The normalized spacial score (nSPS) is 13.0. The summed E-state index contributed by atoms with van der Waals surface area (Å²) in [6.45, 7) is 7.64. The van der Waals surface area contributed by atoms with Crippen LogP contribution in [-0.2, 0) is 6.54 Å². The lowest BCUT2D eigenvalue weighted by Crippen LogP contribution is -2.03. The molecule has 1 aliphatic rings. The first-order valence-corrected chi connectivity index (χ1v) is 9.89. The van der Waals surface area contributed by atoms with Gasteiger partial charge in [0.25, 0.3) is 0 Å². The average Bonchev–Trinajstić information content (AvgIpc) is 3.21. The van der Waals surface area contributed by atoms with Gasteiger partial charge in [0.2, 0.25) is 6.79 Å². The van der Waals surface area contributed by atoms with Crippen molar-refractivity contribution in [3.8, 4) is 11.5 Å². The second kappa shape index (κ2) is 7.26. The van der Waals surface area contributed by atoms with Gasteiger partial charge in [-0.15, -0.1) is 0 Å². The Morgan fingerprint density at radius 1 is 1.22 bits per heavy atom. The molecule has 2 N–H and O–H groups in total. The molecule has 2 aromatic heterocycles. The molecule has 4 rings (SSSR count). The van der Waals surface area contributed by atoms with Crippen LogP contribution in [0.5, 0.6) is 11.5 Å². The molecule has 7 nitrogen and oxygen atoms in total. The minimum absolute atomic E-state index is 0.267. The van der Waals surface area contributed by atoms with Crippen LogP contribution in [0.3, 0.4) is 0 Å². The van der Waals surface area contributed by atoms with Crippen molar-refractivity contribution in [1.29, 1.82) is 0 Å². The summed E-state index contributed by atoms with van der Waals surface area (Å²) in [5.74, 6) is 2.63. The van der Waals surface area contributed by atoms with Crippen LogP contribution >= 0.6 is 11.8 Å². The molecule has 0 aliphatic carbocycles. The van der Waals surface area contributed by atoms with Crippen LogP contribution in [0.4, 0.5) is 5.82 Å². The number of aryl methyl sites for hydroxylation is 2. The number of hydrogen-bond acceptors (Lipinski definition) is 7. The highest BCUT2D eigenvalue weighted by molar-refractivity contribution is 7.99. The van der Waals surface area contributed by atoms with Crippen molar-refractivity contribution in [2.24, 2.45) is 5.92 Å². The number of ether oxygens (including phenoxy) is 2. The van der Waals surface area contributed by atoms with Crippen LogP contribution < -0.4 is 15.2 Å². The lowest BCUT2D eigenvalue weighted by Gasteiger charge is -2.11. The molecule has 0 saturated heterocycles. The number of nitrogens with zero attached hydrogens (tertiary/aromatic N) is 4. The third kappa shape index (κ3) is 3.53. The first-order chi connectivity index (χ1) is 13.0. The Hall–Kier alpha value is -2.48. The zero-order chi connectivity index (χ0) is 19.0. The summed E-state index contributed by atoms with van der Waals surface area (Å²) < 4.78 is 13.1. The zero-order valence-corrected chi connectivity index (χ0v) is 16.5. The predicted octanol–water partition coefficient (Wildman–Crippen LogP) is 4.03. The topological polar surface area (TPSA) is 88.1 Å². The van der Waals surface area contributed by atoms with Crippen molar-refractivity contribution >= 4 is 28.7 Å². The number of nitrogen functional groups attached to an aromatic ring is 1. The van der Waals surface area contributed by atoms with E-state index in [2.05, 4.69) is 35.3 Å². The number of rotatable bonds is 6. The molecule has 0 radical (unpaired) electrons. The van der Waals surface area contributed by atoms with E-state index in [1.807, 2.05) is 12.1 Å². The zero-order valence-electron chi connectivity index (χ0n) is 15.7. The fraction of sp³-hybridized carbons (Fsp3) is 0.421. The van der Waals surface area contributed by atoms with Gasteiger partial charge in [0.05, 0.1) is 0 Å². The first-order valence-electron chi connectivity index (χ1n) is 9.07. The maximum atomic E-state index is 6.04. The van der Waals surface area contributed by atoms with E-state index >= 15 is 0 Å². The van der Waals surface area contributed by atoms with Gasteiger partial charge in [0.15, 0.2) is 33.6 Å². The number of benzene rings is 1. The maximum absolute atomic E-state index is 6.04. The number of aromatic nitrogens is 4. The molecule has 1 aromatic carbocycles. The molecule has 0 amide bonds. The lowest BCUT2D eigenvalue weighted by atomic mass is 10.1. The molecule has 0 atom stereocenters. The molecule has 3 aromatic rings. The van der Waals surface area contributed by atoms with Crippen LogP contribution in [0.25, 0.3) is 11.2 Å². The summed E-state index contributed by atoms with van der Waals surface area (Å²) in [6.07, 6.45) is 3.70. The minimum Gasteiger partial charge on any atom is -0.454 e. The highest BCUT2D eigenvalue weighted by Gasteiger charge is 2.20. The fourth-order valence-corrected chi connectivity index (χ4v) is 4.11. The Bertz CT molecular complexity index is 986. The van der Waals surface area contributed by atoms with Crippen molar-refractivity contribution in [3.63, 3.8) is 0 Å². The third-order valence-corrected chi connectivity index (χ3v) is 5.71. The number of imidazole rings is 1. The number of fused-ring (bicyclic) bond motifs is 2. The molecule has 0 bridgehead atoms. The van der Waals surface area contributed by atoms with Crippen molar-refractivity contribution in [3.05, 3.63) is 24.0 Å². The fourth-order valence-electron chi connectivity index (χ4n) is 3.10. The molecular formula is C19H23N5O2S. The first kappa shape index (κ1) is 17.9. The van der Waals surface area contributed by atoms with Gasteiger partial charge in [0, 0.05) is 11.4 Å². The summed E-state index contributed by atoms with van der Waals surface area (Å²) in [5.41, 5.74) is 8.59. The summed E-state index contributed by atoms with van der Waals surface area (Å²) in [6, 6.07) is 4.01. The molecule has 3 heterocycles. The second-order valence-electron chi connectivity index (χ2n) is 7.09. The van der Waals surface area contributed by atoms with E-state index < -0.39 is 0 Å². The summed E-state index contributed by atoms with van der Waals surface area (Å²) >= 11 is 1.59. The maximum Gasteiger partial charge on any atom is 0.231 e. The molecule has 0 spiro atoms. The highest BCUT2D eigenvalue weighted by Crippen LogP contribution is 2.41. The largest absolute Gasteiger partial charge is 0.454 e. The number of anilines is 1. The Labute approximate surface area is 162 Å². The predicted molar refractivity (Wildman–Crippen MR) is 105 cm³/mol. The van der Waals surface area contributed by atoms with Gasteiger partial charge in [-0.2, -0.15) is 0 Å². The van der Waals surface area contributed by atoms with Crippen LogP contribution in [0.15, 0.2) is 28.5 Å². The van der Waals surface area contributed by atoms with Crippen LogP contribution in [0, 0.1) is 12.8 Å². The molecule has 8 heteroatoms. The van der Waals surface area contributed by atoms with Crippen LogP contribution in [-0.4, -0.2) is 26.3 Å². The quantitative estimate of drug-likeness (QED) is 0.685. The molecule has 142 valence electrons. The molecule has 0 unspecified atom stereocenters. The Morgan fingerprint density at radius 3 is 2.78 bits per heavy atom. The molecule has 0 fully saturated rings. The number of nitrogens with two attached hydrogens (primary N) is 1.